The summed E-state index contributed by atoms with van der Waals surface area (Å²) in [5, 5.41) is -0.345. The Hall–Kier alpha value is -1.95. The van der Waals surface area contributed by atoms with Gasteiger partial charge in [-0.05, 0) is 12.1 Å². The van der Waals surface area contributed by atoms with Crippen molar-refractivity contribution in [2.24, 2.45) is 0 Å². The number of amides is 1. The first kappa shape index (κ1) is 94.1. The van der Waals surface area contributed by atoms with Crippen molar-refractivity contribution in [3.63, 3.8) is 0 Å². The Kier molecular flexibility index (Phi) is 27.6. The number of benzene rings is 1. The zero-order valence-electron chi connectivity index (χ0n) is 54.6. The van der Waals surface area contributed by atoms with Gasteiger partial charge in [-0.15, -0.1) is 0 Å². The Morgan fingerprint density at radius 1 is 0.347 bits per heavy atom. The molecule has 2 nitrogen and oxygen atoms in total. The van der Waals surface area contributed by atoms with E-state index >= 15 is 101 Å². The molecule has 0 radical (unpaired) electrons. The van der Waals surface area contributed by atoms with Gasteiger partial charge in [0.15, 0.2) is 0 Å². The molecule has 0 aliphatic rings. The lowest BCUT2D eigenvalue weighted by molar-refractivity contribution is -0.519. The van der Waals surface area contributed by atoms with Crippen molar-refractivity contribution in [2.45, 2.75) is 257 Å². The molecule has 98 heavy (non-hydrogen) atoms. The highest BCUT2D eigenvalue weighted by Crippen LogP contribution is 2.79. The third kappa shape index (κ3) is 15.9. The van der Waals surface area contributed by atoms with Gasteiger partial charge < -0.3 is 4.90 Å². The van der Waals surface area contributed by atoms with Crippen LogP contribution in [0.5, 0.6) is 0 Å². The molecule has 0 N–H and O–H groups in total. The number of alkyl halides is 37. The molecule has 0 bridgehead atoms. The van der Waals surface area contributed by atoms with Crippen LogP contribution >= 0.6 is 0 Å². The van der Waals surface area contributed by atoms with Crippen LogP contribution in [0.15, 0.2) is 24.3 Å². The predicted octanol–water partition coefficient (Wildman–Crippen LogP) is 20.2. The number of rotatable bonds is 29. The molecular weight excluding hydrogens is 1590 g/mol. The molecule has 1 aromatic rings. The Morgan fingerprint density at radius 3 is 0.878 bits per heavy atom. The molecule has 0 spiro atoms. The second kappa shape index (κ2) is 28.7. The monoisotopic (exact) mass is 1660 g/mol. The van der Waals surface area contributed by atoms with E-state index in [2.05, 4.69) is 65.5 Å². The molecule has 0 heterocycles. The minimum absolute atomic E-state index is 0.00763. The smallest absolute Gasteiger partial charge is 0.312 e. The molecule has 1 amide bonds. The summed E-state index contributed by atoms with van der Waals surface area (Å²) in [6.45, 7) is 29.5. The number of halogens is 37. The van der Waals surface area contributed by atoms with Crippen LogP contribution in [-0.2, 0) is 4.79 Å². The quantitative estimate of drug-likeness (QED) is 0.0578. The van der Waals surface area contributed by atoms with Gasteiger partial charge in [0.25, 0.3) is 28.6 Å². The third-order valence-corrected chi connectivity index (χ3v) is 66.6. The molecule has 0 fully saturated rings. The van der Waals surface area contributed by atoms with E-state index in [4.69, 9.17) is 0 Å². The molecule has 48 heteroatoms. The van der Waals surface area contributed by atoms with E-state index in [1.807, 2.05) is 13.1 Å². The predicted molar refractivity (Wildman–Crippen MR) is 319 cm³/mol. The van der Waals surface area contributed by atoms with Gasteiger partial charge in [-0.3, -0.25) is 4.79 Å². The Balaban J connectivity index is 4.95. The van der Waals surface area contributed by atoms with Gasteiger partial charge in [-0.25, -0.2) is 35.1 Å². The van der Waals surface area contributed by atoms with Crippen LogP contribution in [-0.4, -0.2) is 196 Å². The summed E-state index contributed by atoms with van der Waals surface area (Å²) in [5.41, 5.74) is -88.6. The van der Waals surface area contributed by atoms with Crippen molar-refractivity contribution in [2.75, 3.05) is 11.9 Å². The summed E-state index contributed by atoms with van der Waals surface area (Å²) in [7, 11) is -16.9. The van der Waals surface area contributed by atoms with E-state index in [1.54, 1.807) is 0 Å². The Bertz CT molecular complexity index is 2810. The van der Waals surface area contributed by atoms with E-state index in [1.165, 1.54) is 30.1 Å². The summed E-state index contributed by atoms with van der Waals surface area (Å²) in [4.78, 5) is 12.1. The lowest BCUT2D eigenvalue weighted by Gasteiger charge is -2.60. The number of anilines is 1. The fraction of sp³-hybridized carbons (Fsp3) is 0.860. The van der Waals surface area contributed by atoms with Gasteiger partial charge in [0.1, 0.15) is 0 Å². The van der Waals surface area contributed by atoms with Gasteiger partial charge in [-0.2, -0.15) is 127 Å². The summed E-state index contributed by atoms with van der Waals surface area (Å²) in [6.07, 6.45) is -94.3. The van der Waals surface area contributed by atoms with Gasteiger partial charge in [0.2, 0.25) is 0 Å². The molecule has 0 aliphatic heterocycles. The number of hydrogen-bond donors (Lipinski definition) is 0. The van der Waals surface area contributed by atoms with E-state index in [0.717, 1.165) is 35.2 Å². The molecular formula is C50H74F37NOSi9. The maximum Gasteiger partial charge on any atom is 0.457 e. The molecule has 1 aromatic carbocycles. The van der Waals surface area contributed by atoms with Crippen LogP contribution in [0.1, 0.15) is 0 Å². The van der Waals surface area contributed by atoms with Crippen molar-refractivity contribution < 1.29 is 167 Å². The largest absolute Gasteiger partial charge is 0.457 e. The van der Waals surface area contributed by atoms with Crippen LogP contribution in [0.25, 0.3) is 0 Å². The summed E-state index contributed by atoms with van der Waals surface area (Å²) in [5.74, 6) is -15.8. The first-order chi connectivity index (χ1) is 42.5. The zero-order chi connectivity index (χ0) is 79.1. The first-order valence-corrected chi connectivity index (χ1v) is 57.3. The van der Waals surface area contributed by atoms with Crippen molar-refractivity contribution in [3.8, 4) is 0 Å². The first-order valence-electron chi connectivity index (χ1n) is 29.4. The number of carbonyl (C=O) groups excluding carboxylic acids is 1. The lowest BCUT2D eigenvalue weighted by atomic mass is 9.53. The second-order valence-electron chi connectivity index (χ2n) is 29.0. The molecule has 8 atom stereocenters. The van der Waals surface area contributed by atoms with Gasteiger partial charge in [0, 0.05) is 80.9 Å². The van der Waals surface area contributed by atoms with E-state index in [0.29, 0.717) is 12.1 Å². The minimum Gasteiger partial charge on any atom is -0.312 e. The van der Waals surface area contributed by atoms with Crippen molar-refractivity contribution in [1.82, 2.24) is 0 Å². The van der Waals surface area contributed by atoms with Gasteiger partial charge in [-0.1, -0.05) is 167 Å². The second-order valence-corrected chi connectivity index (χ2v) is 69.1. The fourth-order valence-corrected chi connectivity index (χ4v) is 85.8. The summed E-state index contributed by atoms with van der Waals surface area (Å²) >= 11 is 0. The molecule has 1 rings (SSSR count). The maximum absolute atomic E-state index is 17.4. The molecule has 0 saturated heterocycles. The highest BCUT2D eigenvalue weighted by atomic mass is 28.4. The molecule has 0 saturated carbocycles. The third-order valence-electron chi connectivity index (χ3n) is 17.5. The summed E-state index contributed by atoms with van der Waals surface area (Å²) < 4.78 is 562. The molecule has 0 aliphatic carbocycles. The van der Waals surface area contributed by atoms with Crippen LogP contribution in [0.2, 0.25) is 150 Å². The lowest BCUT2D eigenvalue weighted by Crippen LogP contribution is -2.96. The van der Waals surface area contributed by atoms with Gasteiger partial charge >= 0.3 is 84.2 Å². The maximum atomic E-state index is 17.4. The zero-order valence-corrected chi connectivity index (χ0v) is 64.4. The van der Waals surface area contributed by atoms with Crippen LogP contribution < -0.4 is 10.1 Å². The van der Waals surface area contributed by atoms with Crippen molar-refractivity contribution >= 4 is 93.1 Å². The average Bonchev–Trinajstić information content (AvgIpc) is 0.631. The Morgan fingerprint density at radius 2 is 0.612 bits per heavy atom. The average molecular weight is 1660 g/mol. The standard InChI is InChI=1S/C50H74F37NOSi9/c1-88(30-17-16-18-31(23-30)96(14,15)20-19-95(12,13)29-98(27-93(8)9,28-94(10)11)22-21-97(24-90(2)3,25-91(4)5)26-92(6)7)32(89)33(51,42(61,62)63)34(52,43(64,65)66)35(53,44(67,68)69)36(54,45(70,71)72)37(55,46(73,74)75)38(56,47(76,77)78)39(57,48(79,80)81)40(58,49(82,83)84)41(59,60)50(85,86)87/h16-18,23,90-94H,19-22,24-29H2,1-15H3. The van der Waals surface area contributed by atoms with Crippen LogP contribution in [0, 0.1) is 0 Å². The fourth-order valence-electron chi connectivity index (χ4n) is 14.3. The van der Waals surface area contributed by atoms with E-state index < -0.39 is 207 Å². The van der Waals surface area contributed by atoms with Gasteiger partial charge in [0.05, 0.1) is 8.07 Å². The van der Waals surface area contributed by atoms with Crippen LogP contribution in [0.4, 0.5) is 168 Å². The van der Waals surface area contributed by atoms with E-state index in [-0.39, 0.29) is 23.4 Å². The van der Waals surface area contributed by atoms with Crippen LogP contribution in [0.3, 0.4) is 0 Å². The molecule has 580 valence electrons. The Labute approximate surface area is 551 Å². The number of carbonyl (C=O) groups is 1. The number of nitrogens with zero attached hydrogens (tertiary/aromatic N) is 1. The topological polar surface area (TPSA) is 20.3 Å². The van der Waals surface area contributed by atoms with E-state index in [9.17, 15) is 66.3 Å². The molecule has 0 aromatic heterocycles. The minimum atomic E-state index is -12.5. The highest BCUT2D eigenvalue weighted by molar-refractivity contribution is 7.06. The molecule has 8 unspecified atom stereocenters. The number of hydrogen-bond acceptors (Lipinski definition) is 1. The van der Waals surface area contributed by atoms with Crippen molar-refractivity contribution in [3.05, 3.63) is 24.3 Å². The normalized spacial score (nSPS) is 20.0. The van der Waals surface area contributed by atoms with Crippen molar-refractivity contribution in [1.29, 1.82) is 0 Å². The summed E-state index contributed by atoms with van der Waals surface area (Å²) in [6, 6.07) is 4.18. The SMILES string of the molecule is CN(C(=O)C(F)(C(F)(F)F)C(F)(C(F)(F)F)C(F)(C(F)(F)F)C(F)(C(F)(F)F)C(F)(C(F)(F)F)C(F)(C(F)(F)F)C(F)(C(F)(F)F)C(F)(C(F)(F)F)C(F)(F)C(F)(F)F)c1cccc([Si](C)(C)CC[Si](C)(C)C[Si](CC[Si](C[SiH](C)C)(C[SiH](C)C)C[SiH](C)C)(C[SiH](C)C)C[SiH](C)C)c1. The highest BCUT2D eigenvalue weighted by Gasteiger charge is 3.13.